The second-order valence-electron chi connectivity index (χ2n) is 8.09. The van der Waals surface area contributed by atoms with Crippen LogP contribution >= 0.6 is 27.7 Å². The van der Waals surface area contributed by atoms with Crippen molar-refractivity contribution in [2.75, 3.05) is 5.75 Å². The normalized spacial score (nSPS) is 26.1. The molecule has 5 nitrogen and oxygen atoms in total. The maximum absolute atomic E-state index is 13.2. The fourth-order valence-electron chi connectivity index (χ4n) is 4.26. The number of amidine groups is 1. The van der Waals surface area contributed by atoms with Gasteiger partial charge in [-0.2, -0.15) is 0 Å². The Morgan fingerprint density at radius 3 is 2.97 bits per heavy atom. The Labute approximate surface area is 184 Å². The van der Waals surface area contributed by atoms with E-state index in [2.05, 4.69) is 48.1 Å². The van der Waals surface area contributed by atoms with Crippen molar-refractivity contribution in [3.63, 3.8) is 0 Å². The van der Waals surface area contributed by atoms with E-state index in [-0.39, 0.29) is 12.1 Å². The molecule has 1 aliphatic carbocycles. The number of benzene rings is 1. The third-order valence-electron chi connectivity index (χ3n) is 5.83. The molecule has 0 spiro atoms. The van der Waals surface area contributed by atoms with E-state index in [1.54, 1.807) is 11.8 Å². The van der Waals surface area contributed by atoms with Crippen molar-refractivity contribution >= 4 is 44.5 Å². The predicted molar refractivity (Wildman–Crippen MR) is 123 cm³/mol. The number of halogens is 1. The molecule has 3 atom stereocenters. The highest BCUT2D eigenvalue weighted by atomic mass is 79.9. The minimum atomic E-state index is -0.161. The van der Waals surface area contributed by atoms with Crippen LogP contribution in [0.1, 0.15) is 46.5 Å². The lowest BCUT2D eigenvalue weighted by Gasteiger charge is -2.40. The van der Waals surface area contributed by atoms with E-state index < -0.39 is 0 Å². The minimum Gasteiger partial charge on any atom is -0.298 e. The average Bonchev–Trinajstić information content (AvgIpc) is 2.68. The Morgan fingerprint density at radius 2 is 2.21 bits per heavy atom. The van der Waals surface area contributed by atoms with Crippen LogP contribution in [0.3, 0.4) is 0 Å². The molecule has 0 saturated heterocycles. The van der Waals surface area contributed by atoms with Crippen LogP contribution in [0.2, 0.25) is 0 Å². The molecule has 7 heteroatoms. The number of amides is 1. The van der Waals surface area contributed by atoms with Gasteiger partial charge in [-0.15, -0.1) is 5.10 Å². The largest absolute Gasteiger partial charge is 0.298 e. The first kappa shape index (κ1) is 20.7. The number of nitrogens with one attached hydrogen (secondary N) is 1. The molecule has 1 N–H and O–H groups in total. The zero-order chi connectivity index (χ0) is 20.5. The first-order valence-corrected chi connectivity index (χ1v) is 12.1. The van der Waals surface area contributed by atoms with Gasteiger partial charge in [0.25, 0.3) is 5.91 Å². The number of nitrogens with zero attached hydrogens (tertiary/aromatic N) is 3. The number of thioether (sulfide) groups is 1. The SMILES string of the molecule is CCCCSC1=NN2C(=c3cc(Br)ccc3=N[C@@H]2[C@@H]2CC=C(C)C[C@@H]2C)C(=O)N1. The molecule has 0 aromatic heterocycles. The molecule has 0 saturated carbocycles. The molecule has 1 aromatic carbocycles. The van der Waals surface area contributed by atoms with Crippen LogP contribution in [-0.4, -0.2) is 28.0 Å². The summed E-state index contributed by atoms with van der Waals surface area (Å²) in [6, 6.07) is 5.95. The van der Waals surface area contributed by atoms with Gasteiger partial charge in [-0.05, 0) is 50.3 Å². The van der Waals surface area contributed by atoms with Crippen LogP contribution in [0.4, 0.5) is 0 Å². The summed E-state index contributed by atoms with van der Waals surface area (Å²) in [5.41, 5.74) is 2.05. The number of hydrogen-bond acceptors (Lipinski definition) is 5. The maximum Gasteiger partial charge on any atom is 0.276 e. The van der Waals surface area contributed by atoms with Crippen molar-refractivity contribution in [1.82, 2.24) is 10.3 Å². The van der Waals surface area contributed by atoms with Crippen molar-refractivity contribution in [1.29, 1.82) is 0 Å². The van der Waals surface area contributed by atoms with E-state index in [0.717, 1.165) is 46.5 Å². The Hall–Kier alpha value is -1.60. The van der Waals surface area contributed by atoms with E-state index >= 15 is 0 Å². The third kappa shape index (κ3) is 4.17. The molecule has 3 aliphatic rings. The van der Waals surface area contributed by atoms with Crippen molar-refractivity contribution in [3.05, 3.63) is 44.9 Å². The molecule has 2 aliphatic heterocycles. The highest BCUT2D eigenvalue weighted by molar-refractivity contribution is 9.10. The van der Waals surface area contributed by atoms with Gasteiger partial charge in [-0.1, -0.05) is 59.6 Å². The van der Waals surface area contributed by atoms with Gasteiger partial charge in [0.15, 0.2) is 5.17 Å². The molecule has 1 amide bonds. The predicted octanol–water partition coefficient (Wildman–Crippen LogP) is 3.75. The van der Waals surface area contributed by atoms with Gasteiger partial charge in [0.1, 0.15) is 11.9 Å². The molecule has 0 bridgehead atoms. The van der Waals surface area contributed by atoms with E-state index in [9.17, 15) is 4.79 Å². The lowest BCUT2D eigenvalue weighted by Crippen LogP contribution is -2.55. The van der Waals surface area contributed by atoms with Crippen LogP contribution in [0.15, 0.2) is 44.4 Å². The summed E-state index contributed by atoms with van der Waals surface area (Å²) in [5, 5.41) is 12.2. The number of allylic oxidation sites excluding steroid dienone is 2. The quantitative estimate of drug-likeness (QED) is 0.533. The highest BCUT2D eigenvalue weighted by Crippen LogP contribution is 2.36. The number of unbranched alkanes of at least 4 members (excludes halogenated alkanes) is 1. The van der Waals surface area contributed by atoms with Crippen molar-refractivity contribution in [2.45, 2.75) is 52.6 Å². The maximum atomic E-state index is 13.2. The van der Waals surface area contributed by atoms with E-state index in [4.69, 9.17) is 10.1 Å². The second-order valence-corrected chi connectivity index (χ2v) is 10.1. The first-order chi connectivity index (χ1) is 14.0. The standard InChI is InChI=1S/C22H27BrN4OS/c1-4-5-10-29-22-25-21(28)19-17-12-15(23)7-9-18(17)24-20(27(19)26-22)16-8-6-13(2)11-14(16)3/h6-7,9,12,14,16,20H,4-5,8,10-11H2,1-3H3,(H,25,26,28)/t14-,16+,20-/m0/s1. The lowest BCUT2D eigenvalue weighted by atomic mass is 9.79. The third-order valence-corrected chi connectivity index (χ3v) is 7.28. The Morgan fingerprint density at radius 1 is 1.38 bits per heavy atom. The van der Waals surface area contributed by atoms with Crippen LogP contribution < -0.4 is 15.9 Å². The number of carbonyl (C=O) groups is 1. The van der Waals surface area contributed by atoms with Crippen LogP contribution in [-0.2, 0) is 4.79 Å². The van der Waals surface area contributed by atoms with Crippen LogP contribution in [0.25, 0.3) is 5.70 Å². The molecular weight excluding hydrogens is 448 g/mol. The lowest BCUT2D eigenvalue weighted by molar-refractivity contribution is -0.116. The van der Waals surface area contributed by atoms with E-state index in [1.165, 1.54) is 5.57 Å². The van der Waals surface area contributed by atoms with Gasteiger partial charge < -0.3 is 0 Å². The number of carbonyl (C=O) groups excluding carboxylic acids is 1. The van der Waals surface area contributed by atoms with Crippen molar-refractivity contribution < 1.29 is 4.79 Å². The first-order valence-electron chi connectivity index (χ1n) is 10.3. The van der Waals surface area contributed by atoms with E-state index in [1.807, 2.05) is 23.2 Å². The fourth-order valence-corrected chi connectivity index (χ4v) is 5.56. The Bertz CT molecular complexity index is 1000. The molecule has 0 radical (unpaired) electrons. The van der Waals surface area contributed by atoms with Crippen LogP contribution in [0, 0.1) is 11.8 Å². The molecular formula is C22H27BrN4OS. The molecule has 0 unspecified atom stereocenters. The summed E-state index contributed by atoms with van der Waals surface area (Å²) in [4.78, 5) is 18.2. The van der Waals surface area contributed by atoms with Gasteiger partial charge in [-0.25, -0.2) is 5.01 Å². The highest BCUT2D eigenvalue weighted by Gasteiger charge is 2.39. The summed E-state index contributed by atoms with van der Waals surface area (Å²) in [7, 11) is 0. The Kier molecular flexibility index (Phi) is 6.16. The monoisotopic (exact) mass is 474 g/mol. The molecule has 154 valence electrons. The zero-order valence-corrected chi connectivity index (χ0v) is 19.5. The molecule has 2 heterocycles. The van der Waals surface area contributed by atoms with E-state index in [0.29, 0.717) is 22.7 Å². The number of hydrogen-bond donors (Lipinski definition) is 1. The molecule has 4 rings (SSSR count). The fraction of sp³-hybridized carbons (Fsp3) is 0.500. The molecule has 1 aromatic rings. The zero-order valence-electron chi connectivity index (χ0n) is 17.1. The topological polar surface area (TPSA) is 57.1 Å². The van der Waals surface area contributed by atoms with Gasteiger partial charge in [0, 0.05) is 21.4 Å². The minimum absolute atomic E-state index is 0.0894. The summed E-state index contributed by atoms with van der Waals surface area (Å²) in [6.45, 7) is 6.66. The molecule has 29 heavy (non-hydrogen) atoms. The van der Waals surface area contributed by atoms with Gasteiger partial charge >= 0.3 is 0 Å². The number of rotatable bonds is 4. The van der Waals surface area contributed by atoms with Crippen molar-refractivity contribution in [2.24, 2.45) is 21.9 Å². The second kappa shape index (κ2) is 8.64. The summed E-state index contributed by atoms with van der Waals surface area (Å²) < 4.78 is 0.932. The number of fused-ring (bicyclic) bond motifs is 2. The number of hydrazone groups is 1. The van der Waals surface area contributed by atoms with Crippen LogP contribution in [0.5, 0.6) is 0 Å². The van der Waals surface area contributed by atoms with Gasteiger partial charge in [-0.3, -0.25) is 15.1 Å². The average molecular weight is 475 g/mol. The summed E-state index contributed by atoms with van der Waals surface area (Å²) >= 11 is 5.15. The Balaban J connectivity index is 1.80. The van der Waals surface area contributed by atoms with Gasteiger partial charge in [0.05, 0.1) is 5.36 Å². The van der Waals surface area contributed by atoms with Crippen molar-refractivity contribution in [3.8, 4) is 0 Å². The van der Waals surface area contributed by atoms with Gasteiger partial charge in [0.2, 0.25) is 0 Å². The molecule has 0 fully saturated rings. The smallest absolute Gasteiger partial charge is 0.276 e. The summed E-state index contributed by atoms with van der Waals surface area (Å²) in [6.07, 6.45) is 6.42. The summed E-state index contributed by atoms with van der Waals surface area (Å²) in [5.74, 6) is 1.67.